The van der Waals surface area contributed by atoms with Gasteiger partial charge in [-0.05, 0) is 61.8 Å². The zero-order valence-corrected chi connectivity index (χ0v) is 18.7. The molecule has 0 radical (unpaired) electrons. The third-order valence-electron chi connectivity index (χ3n) is 7.56. The van der Waals surface area contributed by atoms with E-state index in [0.29, 0.717) is 13.2 Å². The van der Waals surface area contributed by atoms with Gasteiger partial charge in [-0.25, -0.2) is 0 Å². The van der Waals surface area contributed by atoms with Gasteiger partial charge in [0.25, 0.3) is 0 Å². The third-order valence-corrected chi connectivity index (χ3v) is 7.56. The number of esters is 1. The molecule has 5 rings (SSSR count). The molecular formula is C26H35NO4. The van der Waals surface area contributed by atoms with Gasteiger partial charge in [0.1, 0.15) is 5.75 Å². The minimum Gasteiger partial charge on any atom is -0.465 e. The predicted molar refractivity (Wildman–Crippen MR) is 120 cm³/mol. The summed E-state index contributed by atoms with van der Waals surface area (Å²) in [6.45, 7) is 5.32. The highest BCUT2D eigenvalue weighted by atomic mass is 16.7. The van der Waals surface area contributed by atoms with Crippen molar-refractivity contribution < 1.29 is 19.0 Å². The van der Waals surface area contributed by atoms with E-state index in [1.54, 1.807) is 0 Å². The summed E-state index contributed by atoms with van der Waals surface area (Å²) < 4.78 is 18.1. The Bertz CT molecular complexity index is 836. The van der Waals surface area contributed by atoms with Crippen molar-refractivity contribution in [3.05, 3.63) is 35.4 Å². The molecule has 1 aromatic carbocycles. The maximum absolute atomic E-state index is 12.1. The van der Waals surface area contributed by atoms with Crippen LogP contribution in [0.15, 0.2) is 24.3 Å². The molecule has 0 N–H and O–H groups in total. The SMILES string of the molecule is CCCOC(=O)C1CC=C(c2ccc3c(c2)COC2(CCN(C4CCC4)CC2)O3)CC1. The van der Waals surface area contributed by atoms with Gasteiger partial charge in [0, 0.05) is 37.5 Å². The molecule has 1 saturated heterocycles. The normalized spacial score (nSPS) is 25.8. The Labute approximate surface area is 185 Å². The molecule has 1 atom stereocenters. The summed E-state index contributed by atoms with van der Waals surface area (Å²) in [6, 6.07) is 7.30. The Kier molecular flexibility index (Phi) is 6.07. The minimum atomic E-state index is -0.440. The fourth-order valence-electron chi connectivity index (χ4n) is 5.29. The number of carbonyl (C=O) groups is 1. The number of ether oxygens (including phenoxy) is 3. The van der Waals surface area contributed by atoms with E-state index in [-0.39, 0.29) is 11.9 Å². The summed E-state index contributed by atoms with van der Waals surface area (Å²) in [6.07, 6.45) is 11.6. The zero-order chi connectivity index (χ0) is 21.3. The van der Waals surface area contributed by atoms with Gasteiger partial charge in [0.2, 0.25) is 5.79 Å². The maximum atomic E-state index is 12.1. The maximum Gasteiger partial charge on any atom is 0.309 e. The van der Waals surface area contributed by atoms with Gasteiger partial charge in [0.15, 0.2) is 0 Å². The summed E-state index contributed by atoms with van der Waals surface area (Å²) in [5.41, 5.74) is 3.67. The lowest BCUT2D eigenvalue weighted by molar-refractivity contribution is -0.231. The van der Waals surface area contributed by atoms with E-state index in [1.165, 1.54) is 30.4 Å². The molecule has 0 aromatic heterocycles. The monoisotopic (exact) mass is 425 g/mol. The third kappa shape index (κ3) is 4.40. The largest absolute Gasteiger partial charge is 0.465 e. The molecule has 2 aliphatic carbocycles. The summed E-state index contributed by atoms with van der Waals surface area (Å²) in [5, 5.41) is 0. The van der Waals surface area contributed by atoms with Crippen LogP contribution in [0.25, 0.3) is 5.57 Å². The minimum absolute atomic E-state index is 0.00487. The standard InChI is InChI=1S/C26H35NO4/c1-2-16-29-25(28)20-8-6-19(7-9-20)21-10-11-24-22(17-21)18-30-26(31-24)12-14-27(15-13-26)23-4-3-5-23/h6,10-11,17,20,23H,2-5,7-9,12-16,18H2,1H3. The van der Waals surface area contributed by atoms with Gasteiger partial charge < -0.3 is 14.2 Å². The molecule has 0 bridgehead atoms. The van der Waals surface area contributed by atoms with Crippen LogP contribution in [0.5, 0.6) is 5.75 Å². The first kappa shape index (κ1) is 21.0. The van der Waals surface area contributed by atoms with Crippen LogP contribution in [0.2, 0.25) is 0 Å². The van der Waals surface area contributed by atoms with Gasteiger partial charge in [-0.1, -0.05) is 25.5 Å². The molecule has 1 unspecified atom stereocenters. The highest BCUT2D eigenvalue weighted by molar-refractivity contribution is 5.76. The Balaban J connectivity index is 1.20. The number of nitrogens with zero attached hydrogens (tertiary/aromatic N) is 1. The number of rotatable bonds is 5. The number of allylic oxidation sites excluding steroid dienone is 2. The van der Waals surface area contributed by atoms with E-state index < -0.39 is 5.79 Å². The zero-order valence-electron chi connectivity index (χ0n) is 18.7. The number of likely N-dealkylation sites (tertiary alicyclic amines) is 1. The van der Waals surface area contributed by atoms with Gasteiger partial charge in [0.05, 0.1) is 19.1 Å². The van der Waals surface area contributed by atoms with Crippen molar-refractivity contribution in [1.82, 2.24) is 4.90 Å². The van der Waals surface area contributed by atoms with Crippen molar-refractivity contribution >= 4 is 11.5 Å². The number of fused-ring (bicyclic) bond motifs is 1. The molecule has 1 aromatic rings. The van der Waals surface area contributed by atoms with Crippen molar-refractivity contribution in [2.75, 3.05) is 19.7 Å². The van der Waals surface area contributed by atoms with Gasteiger partial charge in [-0.3, -0.25) is 9.69 Å². The van der Waals surface area contributed by atoms with E-state index in [4.69, 9.17) is 14.2 Å². The van der Waals surface area contributed by atoms with Crippen LogP contribution in [0.3, 0.4) is 0 Å². The van der Waals surface area contributed by atoms with E-state index >= 15 is 0 Å². The number of carbonyl (C=O) groups excluding carboxylic acids is 1. The lowest BCUT2D eigenvalue weighted by atomic mass is 9.86. The fourth-order valence-corrected chi connectivity index (χ4v) is 5.29. The second-order valence-corrected chi connectivity index (χ2v) is 9.61. The topological polar surface area (TPSA) is 48.0 Å². The number of benzene rings is 1. The average molecular weight is 426 g/mol. The van der Waals surface area contributed by atoms with Gasteiger partial charge >= 0.3 is 5.97 Å². The van der Waals surface area contributed by atoms with Crippen molar-refractivity contribution in [3.63, 3.8) is 0 Å². The summed E-state index contributed by atoms with van der Waals surface area (Å²) in [4.78, 5) is 14.8. The second kappa shape index (κ2) is 8.95. The molecule has 1 spiro atoms. The summed E-state index contributed by atoms with van der Waals surface area (Å²) >= 11 is 0. The fraction of sp³-hybridized carbons (Fsp3) is 0.654. The molecule has 2 fully saturated rings. The van der Waals surface area contributed by atoms with Gasteiger partial charge in [-0.2, -0.15) is 0 Å². The molecule has 1 saturated carbocycles. The lowest BCUT2D eigenvalue weighted by Gasteiger charge is -2.47. The molecule has 31 heavy (non-hydrogen) atoms. The summed E-state index contributed by atoms with van der Waals surface area (Å²) in [5.74, 6) is 0.498. The molecule has 168 valence electrons. The van der Waals surface area contributed by atoms with Gasteiger partial charge in [-0.15, -0.1) is 0 Å². The van der Waals surface area contributed by atoms with E-state index in [2.05, 4.69) is 29.2 Å². The quantitative estimate of drug-likeness (QED) is 0.616. The van der Waals surface area contributed by atoms with Crippen LogP contribution in [-0.2, 0) is 20.9 Å². The molecule has 5 nitrogen and oxygen atoms in total. The van der Waals surface area contributed by atoms with Crippen LogP contribution in [-0.4, -0.2) is 42.4 Å². The smallest absolute Gasteiger partial charge is 0.309 e. The predicted octanol–water partition coefficient (Wildman–Crippen LogP) is 5.08. The van der Waals surface area contributed by atoms with Crippen molar-refractivity contribution in [2.45, 2.75) is 83.1 Å². The second-order valence-electron chi connectivity index (χ2n) is 9.61. The molecule has 2 aliphatic heterocycles. The first-order chi connectivity index (χ1) is 15.2. The number of hydrogen-bond acceptors (Lipinski definition) is 5. The highest BCUT2D eigenvalue weighted by Gasteiger charge is 2.42. The van der Waals surface area contributed by atoms with Crippen LogP contribution < -0.4 is 4.74 Å². The Morgan fingerprint density at radius 2 is 2.06 bits per heavy atom. The van der Waals surface area contributed by atoms with Crippen molar-refractivity contribution in [2.24, 2.45) is 5.92 Å². The lowest BCUT2D eigenvalue weighted by Crippen LogP contribution is -2.54. The van der Waals surface area contributed by atoms with Crippen LogP contribution >= 0.6 is 0 Å². The Hall–Kier alpha value is -1.85. The Morgan fingerprint density at radius 1 is 1.23 bits per heavy atom. The van der Waals surface area contributed by atoms with Crippen LogP contribution in [0.1, 0.15) is 75.8 Å². The average Bonchev–Trinajstić information content (AvgIpc) is 2.78. The van der Waals surface area contributed by atoms with Crippen LogP contribution in [0.4, 0.5) is 0 Å². The first-order valence-electron chi connectivity index (χ1n) is 12.2. The molecule has 2 heterocycles. The molecule has 4 aliphatic rings. The Morgan fingerprint density at radius 3 is 2.74 bits per heavy atom. The van der Waals surface area contributed by atoms with Crippen molar-refractivity contribution in [1.29, 1.82) is 0 Å². The molecule has 0 amide bonds. The molecular weight excluding hydrogens is 390 g/mol. The number of piperidine rings is 1. The van der Waals surface area contributed by atoms with Crippen LogP contribution in [0, 0.1) is 5.92 Å². The number of hydrogen-bond donors (Lipinski definition) is 0. The van der Waals surface area contributed by atoms with Crippen molar-refractivity contribution in [3.8, 4) is 5.75 Å². The molecule has 5 heteroatoms. The first-order valence-corrected chi connectivity index (χ1v) is 12.2. The highest BCUT2D eigenvalue weighted by Crippen LogP contribution is 2.41. The van der Waals surface area contributed by atoms with E-state index in [0.717, 1.165) is 69.0 Å². The van der Waals surface area contributed by atoms with E-state index in [9.17, 15) is 4.79 Å². The summed E-state index contributed by atoms with van der Waals surface area (Å²) in [7, 11) is 0. The van der Waals surface area contributed by atoms with E-state index in [1.807, 2.05) is 6.92 Å².